The van der Waals surface area contributed by atoms with Crippen molar-refractivity contribution < 1.29 is 0 Å². The Labute approximate surface area is 277 Å². The van der Waals surface area contributed by atoms with Crippen molar-refractivity contribution in [2.24, 2.45) is 0 Å². The van der Waals surface area contributed by atoms with E-state index in [-0.39, 0.29) is 0 Å². The molecule has 0 unspecified atom stereocenters. The van der Waals surface area contributed by atoms with Crippen LogP contribution >= 0.6 is 34.0 Å². The monoisotopic (exact) mass is 639 g/mol. The van der Waals surface area contributed by atoms with Crippen LogP contribution in [0.3, 0.4) is 0 Å². The van der Waals surface area contributed by atoms with Crippen molar-refractivity contribution in [2.75, 3.05) is 4.90 Å². The van der Waals surface area contributed by atoms with Gasteiger partial charge < -0.3 is 4.90 Å². The Bertz CT molecular complexity index is 2760. The van der Waals surface area contributed by atoms with E-state index in [4.69, 9.17) is 0 Å². The summed E-state index contributed by atoms with van der Waals surface area (Å²) in [7, 11) is 0. The van der Waals surface area contributed by atoms with Crippen molar-refractivity contribution >= 4 is 112 Å². The Morgan fingerprint density at radius 2 is 0.978 bits per heavy atom. The van der Waals surface area contributed by atoms with Gasteiger partial charge in [0.25, 0.3) is 0 Å². The summed E-state index contributed by atoms with van der Waals surface area (Å²) < 4.78 is 7.88. The summed E-state index contributed by atoms with van der Waals surface area (Å²) in [5, 5.41) is 7.86. The third-order valence-corrected chi connectivity index (χ3v) is 12.6. The van der Waals surface area contributed by atoms with Crippen LogP contribution in [0, 0.1) is 0 Å². The Morgan fingerprint density at radius 3 is 1.78 bits per heavy atom. The molecule has 0 saturated carbocycles. The zero-order chi connectivity index (χ0) is 30.2. The molecule has 0 saturated heterocycles. The molecular weight excluding hydrogens is 615 g/mol. The smallest absolute Gasteiger partial charge is 0.0640 e. The number of anilines is 3. The Kier molecular flexibility index (Phi) is 5.85. The maximum absolute atomic E-state index is 2.53. The van der Waals surface area contributed by atoms with Gasteiger partial charge in [0.15, 0.2) is 0 Å². The normalized spacial score (nSPS) is 11.9. The van der Waals surface area contributed by atoms with E-state index in [9.17, 15) is 0 Å². The fourth-order valence-corrected chi connectivity index (χ4v) is 10.6. The van der Waals surface area contributed by atoms with Crippen molar-refractivity contribution in [3.05, 3.63) is 152 Å². The van der Waals surface area contributed by atoms with Crippen molar-refractivity contribution in [1.29, 1.82) is 0 Å². The number of fused-ring (bicyclic) bond motifs is 9. The number of hydrogen-bond acceptors (Lipinski definition) is 4. The molecule has 0 aliphatic heterocycles. The van der Waals surface area contributed by atoms with Crippen LogP contribution in [0.25, 0.3) is 71.6 Å². The molecule has 0 N–H and O–H groups in total. The van der Waals surface area contributed by atoms with Crippen LogP contribution in [0.1, 0.15) is 0 Å². The number of benzene rings is 7. The fraction of sp³-hybridized carbons (Fsp3) is 0. The minimum atomic E-state index is 1.17. The molecule has 46 heavy (non-hydrogen) atoms. The molecule has 7 aromatic carbocycles. The quantitative estimate of drug-likeness (QED) is 0.185. The molecule has 0 bridgehead atoms. The van der Waals surface area contributed by atoms with Gasteiger partial charge in [0, 0.05) is 61.5 Å². The number of hydrogen-bond donors (Lipinski definition) is 0. The summed E-state index contributed by atoms with van der Waals surface area (Å²) in [4.78, 5) is 2.53. The predicted octanol–water partition coefficient (Wildman–Crippen LogP) is 13.9. The van der Waals surface area contributed by atoms with Crippen LogP contribution in [-0.2, 0) is 0 Å². The first kappa shape index (κ1) is 26.2. The van der Waals surface area contributed by atoms with Gasteiger partial charge in [0.2, 0.25) is 0 Å². The maximum atomic E-state index is 2.53. The van der Waals surface area contributed by atoms with E-state index in [1.165, 1.54) is 88.7 Å². The molecule has 10 aromatic rings. The van der Waals surface area contributed by atoms with Gasteiger partial charge >= 0.3 is 0 Å². The van der Waals surface area contributed by atoms with Crippen LogP contribution < -0.4 is 4.90 Å². The zero-order valence-electron chi connectivity index (χ0n) is 24.6. The third kappa shape index (κ3) is 3.91. The fourth-order valence-electron chi connectivity index (χ4n) is 7.01. The van der Waals surface area contributed by atoms with Crippen molar-refractivity contribution in [3.8, 4) is 11.1 Å². The highest BCUT2D eigenvalue weighted by Crippen LogP contribution is 2.51. The molecule has 0 radical (unpaired) electrons. The summed E-state index contributed by atoms with van der Waals surface area (Å²) in [5.41, 5.74) is 6.12. The standard InChI is InChI=1S/C42H25NS3/c1-2-11-26(12-3-1)28-23-24-34(40-33-15-6-9-20-38(33)46-42(28)40)43(27-21-22-31-29-13-4-7-18-36(29)44-39(31)25-27)35-17-10-16-32-30-14-5-8-19-37(30)45-41(32)35/h1-25H. The van der Waals surface area contributed by atoms with E-state index < -0.39 is 0 Å². The van der Waals surface area contributed by atoms with E-state index in [0.717, 1.165) is 0 Å². The van der Waals surface area contributed by atoms with E-state index in [2.05, 4.69) is 157 Å². The first-order chi connectivity index (χ1) is 22.8. The number of rotatable bonds is 4. The summed E-state index contributed by atoms with van der Waals surface area (Å²) >= 11 is 5.66. The van der Waals surface area contributed by atoms with Gasteiger partial charge in [0.05, 0.1) is 16.1 Å². The second kappa shape index (κ2) is 10.3. The van der Waals surface area contributed by atoms with Gasteiger partial charge in [0.1, 0.15) is 0 Å². The average molecular weight is 640 g/mol. The Balaban J connectivity index is 1.32. The first-order valence-corrected chi connectivity index (χ1v) is 17.9. The molecule has 0 atom stereocenters. The van der Waals surface area contributed by atoms with E-state index >= 15 is 0 Å². The van der Waals surface area contributed by atoms with Crippen LogP contribution in [0.4, 0.5) is 17.1 Å². The molecule has 3 heterocycles. The summed E-state index contributed by atoms with van der Waals surface area (Å²) in [6.07, 6.45) is 0. The SMILES string of the molecule is c1ccc(-c2ccc(N(c3ccc4c(c3)sc3ccccc34)c3cccc4c3sc3ccccc34)c3c2sc2ccccc23)cc1. The lowest BCUT2D eigenvalue weighted by Crippen LogP contribution is -2.10. The number of thiophene rings is 3. The molecule has 0 spiro atoms. The van der Waals surface area contributed by atoms with Crippen LogP contribution in [-0.4, -0.2) is 0 Å². The van der Waals surface area contributed by atoms with Gasteiger partial charge in [-0.3, -0.25) is 0 Å². The minimum Gasteiger partial charge on any atom is -0.308 e. The third-order valence-electron chi connectivity index (χ3n) is 9.07. The average Bonchev–Trinajstić information content (AvgIpc) is 3.80. The molecule has 216 valence electrons. The van der Waals surface area contributed by atoms with Crippen molar-refractivity contribution in [3.63, 3.8) is 0 Å². The largest absolute Gasteiger partial charge is 0.308 e. The second-order valence-corrected chi connectivity index (χ2v) is 14.9. The number of nitrogens with zero attached hydrogens (tertiary/aromatic N) is 1. The summed E-state index contributed by atoms with van der Waals surface area (Å²) in [6.45, 7) is 0. The van der Waals surface area contributed by atoms with Gasteiger partial charge in [-0.15, -0.1) is 34.0 Å². The molecule has 0 aliphatic rings. The molecule has 1 nitrogen and oxygen atoms in total. The van der Waals surface area contributed by atoms with Crippen molar-refractivity contribution in [2.45, 2.75) is 0 Å². The molecule has 0 fully saturated rings. The van der Waals surface area contributed by atoms with Crippen LogP contribution in [0.2, 0.25) is 0 Å². The molecular formula is C42H25NS3. The lowest BCUT2D eigenvalue weighted by Gasteiger charge is -2.27. The van der Waals surface area contributed by atoms with Crippen LogP contribution in [0.15, 0.2) is 152 Å². The Hall–Kier alpha value is -5.00. The van der Waals surface area contributed by atoms with Crippen LogP contribution in [0.5, 0.6) is 0 Å². The van der Waals surface area contributed by atoms with Gasteiger partial charge in [-0.05, 0) is 53.6 Å². The molecule has 10 rings (SSSR count). The van der Waals surface area contributed by atoms with Gasteiger partial charge in [-0.2, -0.15) is 0 Å². The van der Waals surface area contributed by atoms with Gasteiger partial charge in [-0.1, -0.05) is 109 Å². The van der Waals surface area contributed by atoms with E-state index in [1.807, 2.05) is 34.0 Å². The van der Waals surface area contributed by atoms with Gasteiger partial charge in [-0.25, -0.2) is 0 Å². The molecule has 0 aliphatic carbocycles. The molecule has 0 amide bonds. The highest BCUT2D eigenvalue weighted by molar-refractivity contribution is 7.27. The second-order valence-electron chi connectivity index (χ2n) is 11.7. The minimum absolute atomic E-state index is 1.17. The zero-order valence-corrected chi connectivity index (χ0v) is 27.1. The molecule has 4 heteroatoms. The summed E-state index contributed by atoms with van der Waals surface area (Å²) in [5.74, 6) is 0. The maximum Gasteiger partial charge on any atom is 0.0640 e. The Morgan fingerprint density at radius 1 is 0.370 bits per heavy atom. The molecule has 3 aromatic heterocycles. The topological polar surface area (TPSA) is 3.24 Å². The van der Waals surface area contributed by atoms with E-state index in [1.54, 1.807) is 0 Å². The first-order valence-electron chi connectivity index (χ1n) is 15.4. The summed E-state index contributed by atoms with van der Waals surface area (Å²) in [6, 6.07) is 55.8. The van der Waals surface area contributed by atoms with Crippen molar-refractivity contribution in [1.82, 2.24) is 0 Å². The highest BCUT2D eigenvalue weighted by atomic mass is 32.1. The lowest BCUT2D eigenvalue weighted by molar-refractivity contribution is 1.33. The highest BCUT2D eigenvalue weighted by Gasteiger charge is 2.24. The van der Waals surface area contributed by atoms with E-state index in [0.29, 0.717) is 0 Å². The predicted molar refractivity (Wildman–Crippen MR) is 205 cm³/mol. The lowest BCUT2D eigenvalue weighted by atomic mass is 10.00.